The zero-order chi connectivity index (χ0) is 14.3. The number of nitrogens with two attached hydrogens (primary N) is 1. The molecular formula is C13H20FNO3S. The van der Waals surface area contributed by atoms with Crippen molar-refractivity contribution in [3.63, 3.8) is 0 Å². The van der Waals surface area contributed by atoms with Crippen LogP contribution < -0.4 is 9.88 Å². The molecule has 0 aromatic heterocycles. The molecule has 0 spiro atoms. The van der Waals surface area contributed by atoms with Crippen molar-refractivity contribution in [2.24, 2.45) is 5.14 Å². The SMILES string of the molecule is CCCCCCCOc1ccc(S(N)(=O)=O)cc1F. The van der Waals surface area contributed by atoms with Crippen molar-refractivity contribution in [2.75, 3.05) is 6.61 Å². The number of benzene rings is 1. The molecular weight excluding hydrogens is 269 g/mol. The molecule has 0 aliphatic carbocycles. The van der Waals surface area contributed by atoms with E-state index in [2.05, 4.69) is 6.92 Å². The minimum Gasteiger partial charge on any atom is -0.491 e. The third kappa shape index (κ3) is 5.57. The Balaban J connectivity index is 2.47. The Morgan fingerprint density at radius 3 is 2.47 bits per heavy atom. The first-order chi connectivity index (χ1) is 8.95. The van der Waals surface area contributed by atoms with Gasteiger partial charge < -0.3 is 4.74 Å². The summed E-state index contributed by atoms with van der Waals surface area (Å²) in [6, 6.07) is 3.41. The molecule has 2 N–H and O–H groups in total. The van der Waals surface area contributed by atoms with Crippen LogP contribution in [0.25, 0.3) is 0 Å². The monoisotopic (exact) mass is 289 g/mol. The van der Waals surface area contributed by atoms with E-state index in [0.717, 1.165) is 25.3 Å². The van der Waals surface area contributed by atoms with Crippen molar-refractivity contribution in [3.05, 3.63) is 24.0 Å². The van der Waals surface area contributed by atoms with Crippen LogP contribution in [0.1, 0.15) is 39.0 Å². The molecule has 0 saturated carbocycles. The van der Waals surface area contributed by atoms with Crippen LogP contribution in [-0.4, -0.2) is 15.0 Å². The summed E-state index contributed by atoms with van der Waals surface area (Å²) < 4.78 is 40.9. The number of primary sulfonamides is 1. The fourth-order valence-corrected chi connectivity index (χ4v) is 2.19. The van der Waals surface area contributed by atoms with Crippen LogP contribution in [0.3, 0.4) is 0 Å². The lowest BCUT2D eigenvalue weighted by Crippen LogP contribution is -2.12. The van der Waals surface area contributed by atoms with Gasteiger partial charge >= 0.3 is 0 Å². The van der Waals surface area contributed by atoms with Gasteiger partial charge in [0.25, 0.3) is 0 Å². The lowest BCUT2D eigenvalue weighted by Gasteiger charge is -2.08. The predicted molar refractivity (Wildman–Crippen MR) is 72.0 cm³/mol. The highest BCUT2D eigenvalue weighted by Gasteiger charge is 2.12. The largest absolute Gasteiger partial charge is 0.491 e. The summed E-state index contributed by atoms with van der Waals surface area (Å²) in [5, 5.41) is 4.91. The van der Waals surface area contributed by atoms with Gasteiger partial charge in [0.15, 0.2) is 11.6 Å². The molecule has 0 aliphatic rings. The zero-order valence-corrected chi connectivity index (χ0v) is 11.9. The second kappa shape index (κ2) is 7.45. The van der Waals surface area contributed by atoms with E-state index in [0.29, 0.717) is 6.61 Å². The molecule has 6 heteroatoms. The summed E-state index contributed by atoms with van der Waals surface area (Å²) in [5.41, 5.74) is 0. The highest BCUT2D eigenvalue weighted by atomic mass is 32.2. The number of hydrogen-bond acceptors (Lipinski definition) is 3. The standard InChI is InChI=1S/C13H20FNO3S/c1-2-3-4-5-6-9-18-13-8-7-11(10-12(13)14)19(15,16)17/h7-8,10H,2-6,9H2,1H3,(H2,15,16,17). The van der Waals surface area contributed by atoms with Crippen LogP contribution >= 0.6 is 0 Å². The van der Waals surface area contributed by atoms with Gasteiger partial charge in [-0.05, 0) is 24.6 Å². The third-order valence-electron chi connectivity index (χ3n) is 2.74. The molecule has 4 nitrogen and oxygen atoms in total. The molecule has 108 valence electrons. The van der Waals surface area contributed by atoms with Crippen LogP contribution in [-0.2, 0) is 10.0 Å². The average Bonchev–Trinajstić information content (AvgIpc) is 2.34. The Morgan fingerprint density at radius 1 is 1.21 bits per heavy atom. The normalized spacial score (nSPS) is 11.5. The van der Waals surface area contributed by atoms with Crippen molar-refractivity contribution >= 4 is 10.0 Å². The Labute approximate surface area is 113 Å². The van der Waals surface area contributed by atoms with E-state index in [4.69, 9.17) is 9.88 Å². The van der Waals surface area contributed by atoms with Gasteiger partial charge in [-0.25, -0.2) is 17.9 Å². The van der Waals surface area contributed by atoms with Crippen molar-refractivity contribution < 1.29 is 17.5 Å². The molecule has 1 aromatic rings. The molecule has 0 bridgehead atoms. The fraction of sp³-hybridized carbons (Fsp3) is 0.538. The van der Waals surface area contributed by atoms with Gasteiger partial charge in [0, 0.05) is 0 Å². The van der Waals surface area contributed by atoms with Crippen LogP contribution in [0.4, 0.5) is 4.39 Å². The van der Waals surface area contributed by atoms with E-state index in [-0.39, 0.29) is 10.6 Å². The maximum Gasteiger partial charge on any atom is 0.238 e. The number of rotatable bonds is 8. The summed E-state index contributed by atoms with van der Waals surface area (Å²) in [5.74, 6) is -0.650. The Kier molecular flexibility index (Phi) is 6.24. The van der Waals surface area contributed by atoms with Gasteiger partial charge in [0.05, 0.1) is 11.5 Å². The highest BCUT2D eigenvalue weighted by Crippen LogP contribution is 2.20. The summed E-state index contributed by atoms with van der Waals surface area (Å²) in [6.45, 7) is 2.56. The summed E-state index contributed by atoms with van der Waals surface area (Å²) in [7, 11) is -3.87. The molecule has 1 rings (SSSR count). The predicted octanol–water partition coefficient (Wildman–Crippen LogP) is 2.82. The number of halogens is 1. The Hall–Kier alpha value is -1.14. The first-order valence-corrected chi connectivity index (χ1v) is 7.95. The lowest BCUT2D eigenvalue weighted by molar-refractivity contribution is 0.289. The van der Waals surface area contributed by atoms with Crippen molar-refractivity contribution in [2.45, 2.75) is 43.9 Å². The molecule has 0 saturated heterocycles. The molecule has 0 heterocycles. The van der Waals surface area contributed by atoms with Gasteiger partial charge in [0.2, 0.25) is 10.0 Å². The van der Waals surface area contributed by atoms with E-state index < -0.39 is 15.8 Å². The Bertz CT molecular complexity index is 503. The van der Waals surface area contributed by atoms with Crippen LogP contribution in [0, 0.1) is 5.82 Å². The molecule has 0 unspecified atom stereocenters. The smallest absolute Gasteiger partial charge is 0.238 e. The number of ether oxygens (including phenoxy) is 1. The molecule has 1 aromatic carbocycles. The molecule has 0 aliphatic heterocycles. The molecule has 0 atom stereocenters. The van der Waals surface area contributed by atoms with Crippen molar-refractivity contribution in [3.8, 4) is 5.75 Å². The summed E-state index contributed by atoms with van der Waals surface area (Å²) in [4.78, 5) is -0.250. The van der Waals surface area contributed by atoms with Crippen LogP contribution in [0.15, 0.2) is 23.1 Å². The summed E-state index contributed by atoms with van der Waals surface area (Å²) >= 11 is 0. The zero-order valence-electron chi connectivity index (χ0n) is 11.1. The average molecular weight is 289 g/mol. The lowest BCUT2D eigenvalue weighted by atomic mass is 10.2. The van der Waals surface area contributed by atoms with Crippen molar-refractivity contribution in [1.82, 2.24) is 0 Å². The van der Waals surface area contributed by atoms with Gasteiger partial charge in [-0.1, -0.05) is 32.6 Å². The minimum atomic E-state index is -3.87. The topological polar surface area (TPSA) is 69.4 Å². The van der Waals surface area contributed by atoms with E-state index in [1.165, 1.54) is 25.0 Å². The molecule has 0 amide bonds. The first-order valence-electron chi connectivity index (χ1n) is 6.40. The fourth-order valence-electron chi connectivity index (χ4n) is 1.66. The van der Waals surface area contributed by atoms with Crippen molar-refractivity contribution in [1.29, 1.82) is 0 Å². The third-order valence-corrected chi connectivity index (χ3v) is 3.65. The first kappa shape index (κ1) is 15.9. The van der Waals surface area contributed by atoms with Crippen LogP contribution in [0.5, 0.6) is 5.75 Å². The van der Waals surface area contributed by atoms with Gasteiger partial charge in [-0.3, -0.25) is 0 Å². The Morgan fingerprint density at radius 2 is 1.89 bits per heavy atom. The van der Waals surface area contributed by atoms with Gasteiger partial charge in [0.1, 0.15) is 0 Å². The van der Waals surface area contributed by atoms with Gasteiger partial charge in [-0.2, -0.15) is 0 Å². The minimum absolute atomic E-state index is 0.0582. The number of unbranched alkanes of at least 4 members (excludes halogenated alkanes) is 4. The molecule has 0 radical (unpaired) electrons. The maximum absolute atomic E-state index is 13.6. The number of sulfonamides is 1. The van der Waals surface area contributed by atoms with Crippen LogP contribution in [0.2, 0.25) is 0 Å². The van der Waals surface area contributed by atoms with E-state index in [9.17, 15) is 12.8 Å². The van der Waals surface area contributed by atoms with E-state index in [1.807, 2.05) is 0 Å². The van der Waals surface area contributed by atoms with E-state index >= 15 is 0 Å². The molecule has 0 fully saturated rings. The molecule has 19 heavy (non-hydrogen) atoms. The van der Waals surface area contributed by atoms with E-state index in [1.54, 1.807) is 0 Å². The second-order valence-corrected chi connectivity index (χ2v) is 5.96. The number of hydrogen-bond donors (Lipinski definition) is 1. The maximum atomic E-state index is 13.6. The quantitative estimate of drug-likeness (QED) is 0.748. The van der Waals surface area contributed by atoms with Gasteiger partial charge in [-0.15, -0.1) is 0 Å². The highest BCUT2D eigenvalue weighted by molar-refractivity contribution is 7.89. The second-order valence-electron chi connectivity index (χ2n) is 4.40. The summed E-state index contributed by atoms with van der Waals surface area (Å²) in [6.07, 6.45) is 5.41.